The molecule has 21 heavy (non-hydrogen) atoms. The van der Waals surface area contributed by atoms with Crippen LogP contribution in [0.2, 0.25) is 0 Å². The van der Waals surface area contributed by atoms with Gasteiger partial charge in [0, 0.05) is 31.9 Å². The lowest BCUT2D eigenvalue weighted by Gasteiger charge is -2.23. The summed E-state index contributed by atoms with van der Waals surface area (Å²) in [6.45, 7) is 0.498. The molecule has 0 amide bonds. The topological polar surface area (TPSA) is 66.8 Å². The summed E-state index contributed by atoms with van der Waals surface area (Å²) in [4.78, 5) is 0.288. The van der Waals surface area contributed by atoms with Gasteiger partial charge in [0.2, 0.25) is 10.0 Å². The molecule has 1 fully saturated rings. The normalized spacial score (nSPS) is 19.1. The molecule has 1 aromatic carbocycles. The highest BCUT2D eigenvalue weighted by atomic mass is 32.2. The van der Waals surface area contributed by atoms with Gasteiger partial charge in [0.25, 0.3) is 0 Å². The largest absolute Gasteiger partial charge is 0.494 e. The van der Waals surface area contributed by atoms with Crippen LogP contribution in [0.15, 0.2) is 29.2 Å². The van der Waals surface area contributed by atoms with Gasteiger partial charge in [0.15, 0.2) is 0 Å². The number of ether oxygens (including phenoxy) is 1. The summed E-state index contributed by atoms with van der Waals surface area (Å²) in [6, 6.07) is 6.54. The Hall–Kier alpha value is -0.760. The van der Waals surface area contributed by atoms with E-state index in [2.05, 4.69) is 0 Å². The van der Waals surface area contributed by atoms with Crippen molar-refractivity contribution in [3.05, 3.63) is 24.3 Å². The lowest BCUT2D eigenvalue weighted by atomic mass is 10.3. The number of hydrogen-bond donors (Lipinski definition) is 1. The van der Waals surface area contributed by atoms with E-state index >= 15 is 0 Å². The molecular weight excluding hydrogens is 310 g/mol. The number of rotatable bonds is 7. The predicted octanol–water partition coefficient (Wildman–Crippen LogP) is 1.57. The van der Waals surface area contributed by atoms with Crippen LogP contribution in [0.1, 0.15) is 12.8 Å². The molecule has 1 N–H and O–H groups in total. The Labute approximate surface area is 130 Å². The number of thioether (sulfide) groups is 1. The molecule has 1 aromatic rings. The quantitative estimate of drug-likeness (QED) is 0.768. The van der Waals surface area contributed by atoms with Gasteiger partial charge in [-0.05, 0) is 36.4 Å². The first-order chi connectivity index (χ1) is 10.1. The van der Waals surface area contributed by atoms with Crippen molar-refractivity contribution >= 4 is 21.8 Å². The molecule has 0 saturated carbocycles. The average Bonchev–Trinajstić information content (AvgIpc) is 3.01. The predicted molar refractivity (Wildman–Crippen MR) is 84.3 cm³/mol. The third-order valence-corrected chi connectivity index (χ3v) is 6.56. The van der Waals surface area contributed by atoms with Crippen LogP contribution in [0.3, 0.4) is 0 Å². The maximum Gasteiger partial charge on any atom is 0.243 e. The third kappa shape index (κ3) is 4.12. The number of aliphatic hydroxyl groups is 1. The summed E-state index contributed by atoms with van der Waals surface area (Å²) in [6.07, 6.45) is 1.46. The minimum Gasteiger partial charge on any atom is -0.494 e. The van der Waals surface area contributed by atoms with Crippen LogP contribution >= 0.6 is 11.8 Å². The minimum atomic E-state index is -3.44. The molecule has 1 heterocycles. The summed E-state index contributed by atoms with van der Waals surface area (Å²) in [5.74, 6) is 2.49. The van der Waals surface area contributed by atoms with Crippen molar-refractivity contribution in [2.75, 3.05) is 31.8 Å². The van der Waals surface area contributed by atoms with Crippen molar-refractivity contribution in [3.63, 3.8) is 0 Å². The van der Waals surface area contributed by atoms with E-state index in [9.17, 15) is 8.42 Å². The zero-order valence-corrected chi connectivity index (χ0v) is 13.7. The third-order valence-electron chi connectivity index (χ3n) is 3.49. The monoisotopic (exact) mass is 331 g/mol. The Bertz CT molecular complexity index is 539. The number of hydrogen-bond acceptors (Lipinski definition) is 5. The van der Waals surface area contributed by atoms with Crippen molar-refractivity contribution in [1.29, 1.82) is 0 Å². The van der Waals surface area contributed by atoms with E-state index < -0.39 is 10.0 Å². The van der Waals surface area contributed by atoms with Crippen LogP contribution in [0.25, 0.3) is 0 Å². The van der Waals surface area contributed by atoms with Crippen LogP contribution < -0.4 is 4.74 Å². The van der Waals surface area contributed by atoms with E-state index in [0.29, 0.717) is 18.8 Å². The van der Waals surface area contributed by atoms with E-state index in [-0.39, 0.29) is 17.5 Å². The average molecular weight is 331 g/mol. The van der Waals surface area contributed by atoms with Crippen molar-refractivity contribution in [3.8, 4) is 5.75 Å². The lowest BCUT2D eigenvalue weighted by Crippen LogP contribution is -2.36. The Morgan fingerprint density at radius 3 is 2.67 bits per heavy atom. The van der Waals surface area contributed by atoms with Crippen molar-refractivity contribution < 1.29 is 18.3 Å². The van der Waals surface area contributed by atoms with Gasteiger partial charge in [-0.15, -0.1) is 0 Å². The second-order valence-corrected chi connectivity index (χ2v) is 8.08. The van der Waals surface area contributed by atoms with E-state index in [1.807, 2.05) is 0 Å². The molecule has 0 bridgehead atoms. The molecule has 0 spiro atoms. The van der Waals surface area contributed by atoms with Crippen molar-refractivity contribution in [2.45, 2.75) is 23.8 Å². The zero-order valence-electron chi connectivity index (χ0n) is 12.1. The molecule has 0 aromatic heterocycles. The lowest BCUT2D eigenvalue weighted by molar-refractivity contribution is 0.233. The number of benzene rings is 1. The second kappa shape index (κ2) is 7.49. The van der Waals surface area contributed by atoms with E-state index in [1.54, 1.807) is 43.1 Å². The van der Waals surface area contributed by atoms with Gasteiger partial charge in [0.05, 0.1) is 11.5 Å². The number of aliphatic hydroxyl groups excluding tert-OH is 1. The van der Waals surface area contributed by atoms with Crippen LogP contribution in [-0.4, -0.2) is 55.6 Å². The van der Waals surface area contributed by atoms with Crippen LogP contribution in [-0.2, 0) is 10.0 Å². The zero-order chi connectivity index (χ0) is 15.3. The summed E-state index contributed by atoms with van der Waals surface area (Å²) in [7, 11) is -1.79. The van der Waals surface area contributed by atoms with Crippen molar-refractivity contribution in [1.82, 2.24) is 4.31 Å². The number of sulfonamides is 1. The minimum absolute atomic E-state index is 0.0800. The summed E-state index contributed by atoms with van der Waals surface area (Å²) in [5, 5.41) is 8.69. The maximum atomic E-state index is 12.5. The molecule has 1 atom stereocenters. The van der Waals surface area contributed by atoms with Gasteiger partial charge < -0.3 is 9.84 Å². The van der Waals surface area contributed by atoms with Gasteiger partial charge in [-0.1, -0.05) is 0 Å². The van der Waals surface area contributed by atoms with Gasteiger partial charge >= 0.3 is 0 Å². The molecule has 118 valence electrons. The van der Waals surface area contributed by atoms with Crippen molar-refractivity contribution in [2.24, 2.45) is 0 Å². The fraction of sp³-hybridized carbons (Fsp3) is 0.571. The first-order valence-electron chi connectivity index (χ1n) is 6.95. The Kier molecular flexibility index (Phi) is 5.92. The highest BCUT2D eigenvalue weighted by Gasteiger charge is 2.30. The second-order valence-electron chi connectivity index (χ2n) is 4.94. The molecule has 1 aliphatic rings. The smallest absolute Gasteiger partial charge is 0.243 e. The van der Waals surface area contributed by atoms with Gasteiger partial charge in [-0.2, -0.15) is 16.1 Å². The molecular formula is C14H21NO4S2. The van der Waals surface area contributed by atoms with Gasteiger partial charge in [-0.25, -0.2) is 8.42 Å². The summed E-state index contributed by atoms with van der Waals surface area (Å²) in [5.41, 5.74) is 0. The fourth-order valence-electron chi connectivity index (χ4n) is 2.13. The Morgan fingerprint density at radius 1 is 1.38 bits per heavy atom. The summed E-state index contributed by atoms with van der Waals surface area (Å²) < 4.78 is 32.0. The molecule has 1 aliphatic heterocycles. The van der Waals surface area contributed by atoms with Crippen LogP contribution in [0.4, 0.5) is 0 Å². The van der Waals surface area contributed by atoms with Crippen LogP contribution in [0, 0.1) is 0 Å². The molecule has 0 aliphatic carbocycles. The Balaban J connectivity index is 2.05. The molecule has 2 rings (SSSR count). The molecule has 1 saturated heterocycles. The van der Waals surface area contributed by atoms with Crippen LogP contribution in [0.5, 0.6) is 5.75 Å². The molecule has 0 radical (unpaired) electrons. The number of nitrogens with zero attached hydrogens (tertiary/aromatic N) is 1. The Morgan fingerprint density at radius 2 is 2.10 bits per heavy atom. The van der Waals surface area contributed by atoms with Gasteiger partial charge in [-0.3, -0.25) is 0 Å². The van der Waals surface area contributed by atoms with E-state index in [1.165, 1.54) is 4.31 Å². The first-order valence-corrected chi connectivity index (χ1v) is 9.54. The van der Waals surface area contributed by atoms with E-state index in [4.69, 9.17) is 9.84 Å². The molecule has 7 heteroatoms. The fourth-order valence-corrected chi connectivity index (χ4v) is 4.88. The SMILES string of the molecule is CN(C1CCSC1)S(=O)(=O)c1ccc(OCCCO)cc1. The standard InChI is InChI=1S/C14H21NO4S2/c1-15(12-7-10-20-11-12)21(17,18)14-5-3-13(4-6-14)19-9-2-8-16/h3-6,12,16H,2,7-11H2,1H3. The summed E-state index contributed by atoms with van der Waals surface area (Å²) >= 11 is 1.79. The highest BCUT2D eigenvalue weighted by Crippen LogP contribution is 2.27. The van der Waals surface area contributed by atoms with Gasteiger partial charge in [0.1, 0.15) is 5.75 Å². The maximum absolute atomic E-state index is 12.5. The highest BCUT2D eigenvalue weighted by molar-refractivity contribution is 7.99. The molecule has 1 unspecified atom stereocenters. The molecule has 5 nitrogen and oxygen atoms in total. The first kappa shape index (κ1) is 16.6. The van der Waals surface area contributed by atoms with E-state index in [0.717, 1.165) is 17.9 Å².